The van der Waals surface area contributed by atoms with Crippen molar-refractivity contribution in [1.29, 1.82) is 0 Å². The molecule has 1 saturated heterocycles. The molecule has 1 fully saturated rings. The molecule has 1 aromatic rings. The summed E-state index contributed by atoms with van der Waals surface area (Å²) in [5, 5.41) is 9.55. The molecule has 1 unspecified atom stereocenters. The Morgan fingerprint density at radius 3 is 3.00 bits per heavy atom. The molecule has 2 heterocycles. The average Bonchev–Trinajstić information content (AvgIpc) is 2.43. The number of hydrogen-bond donors (Lipinski definition) is 1. The van der Waals surface area contributed by atoms with Crippen molar-refractivity contribution in [3.8, 4) is 0 Å². The zero-order valence-electron chi connectivity index (χ0n) is 8.56. The van der Waals surface area contributed by atoms with Crippen LogP contribution in [0.3, 0.4) is 0 Å². The van der Waals surface area contributed by atoms with Crippen LogP contribution in [-0.4, -0.2) is 29.3 Å². The van der Waals surface area contributed by atoms with Gasteiger partial charge in [-0.1, -0.05) is 6.07 Å². The number of hydrogen-bond acceptors (Lipinski definition) is 3. The predicted molar refractivity (Wildman–Crippen MR) is 64.0 cm³/mol. The van der Waals surface area contributed by atoms with E-state index in [1.54, 1.807) is 0 Å². The molecule has 0 saturated carbocycles. The Hall–Kier alpha value is -0.610. The number of aliphatic hydroxyl groups excluding tert-OH is 1. The van der Waals surface area contributed by atoms with Crippen LogP contribution in [0.1, 0.15) is 19.3 Å². The van der Waals surface area contributed by atoms with Gasteiger partial charge in [-0.3, -0.25) is 0 Å². The first-order valence-corrected chi connectivity index (χ1v) is 6.10. The van der Waals surface area contributed by atoms with E-state index in [1.165, 1.54) is 0 Å². The molecule has 0 spiro atoms. The number of rotatable bonds is 1. The number of pyridine rings is 1. The summed E-state index contributed by atoms with van der Waals surface area (Å²) in [6, 6.07) is 5.94. The van der Waals surface area contributed by atoms with Crippen LogP contribution in [0.25, 0.3) is 0 Å². The second-order valence-electron chi connectivity index (χ2n) is 3.89. The van der Waals surface area contributed by atoms with Crippen molar-refractivity contribution in [2.75, 3.05) is 18.0 Å². The van der Waals surface area contributed by atoms with Crippen molar-refractivity contribution < 1.29 is 5.11 Å². The summed E-state index contributed by atoms with van der Waals surface area (Å²) in [5.74, 6) is 0.999. The van der Waals surface area contributed by atoms with E-state index in [2.05, 4.69) is 25.8 Å². The molecule has 2 rings (SSSR count). The van der Waals surface area contributed by atoms with Crippen LogP contribution in [-0.2, 0) is 0 Å². The van der Waals surface area contributed by atoms with Gasteiger partial charge in [0.25, 0.3) is 0 Å². The Kier molecular flexibility index (Phi) is 3.59. The van der Waals surface area contributed by atoms with Gasteiger partial charge in [-0.05, 0) is 47.3 Å². The summed E-state index contributed by atoms with van der Waals surface area (Å²) >= 11 is 3.37. The van der Waals surface area contributed by atoms with Crippen molar-refractivity contribution in [2.45, 2.75) is 25.4 Å². The molecule has 0 aliphatic carbocycles. The smallest absolute Gasteiger partial charge is 0.129 e. The molecule has 1 aromatic heterocycles. The number of nitrogens with zero attached hydrogens (tertiary/aromatic N) is 2. The van der Waals surface area contributed by atoms with Crippen molar-refractivity contribution in [3.05, 3.63) is 22.8 Å². The summed E-state index contributed by atoms with van der Waals surface area (Å²) < 4.78 is 0.866. The molecular weight excluding hydrogens is 256 g/mol. The fourth-order valence-electron chi connectivity index (χ4n) is 1.88. The molecule has 0 bridgehead atoms. The van der Waals surface area contributed by atoms with Gasteiger partial charge in [0.1, 0.15) is 10.4 Å². The van der Waals surface area contributed by atoms with Crippen LogP contribution < -0.4 is 4.90 Å². The first kappa shape index (κ1) is 10.9. The fraction of sp³-hybridized carbons (Fsp3) is 0.545. The molecule has 1 aliphatic rings. The van der Waals surface area contributed by atoms with Gasteiger partial charge in [0.05, 0.1) is 6.10 Å². The van der Waals surface area contributed by atoms with Crippen LogP contribution in [0.5, 0.6) is 0 Å². The summed E-state index contributed by atoms with van der Waals surface area (Å²) in [5.41, 5.74) is 0. The van der Waals surface area contributed by atoms with Gasteiger partial charge in [-0.2, -0.15) is 0 Å². The minimum absolute atomic E-state index is 0.137. The quantitative estimate of drug-likeness (QED) is 0.795. The number of anilines is 1. The Bertz CT molecular complexity index is 332. The van der Waals surface area contributed by atoms with Gasteiger partial charge in [-0.15, -0.1) is 0 Å². The fourth-order valence-corrected chi connectivity index (χ4v) is 2.22. The molecule has 0 amide bonds. The van der Waals surface area contributed by atoms with E-state index < -0.39 is 0 Å². The Labute approximate surface area is 98.3 Å². The Morgan fingerprint density at radius 2 is 2.20 bits per heavy atom. The number of halogens is 1. The summed E-state index contributed by atoms with van der Waals surface area (Å²) in [4.78, 5) is 6.66. The lowest BCUT2D eigenvalue weighted by Gasteiger charge is -2.21. The van der Waals surface area contributed by atoms with E-state index in [4.69, 9.17) is 0 Å². The highest BCUT2D eigenvalue weighted by atomic mass is 79.9. The predicted octanol–water partition coefficient (Wildman–Crippen LogP) is 2.20. The number of aliphatic hydroxyl groups is 1. The molecule has 1 atom stereocenters. The van der Waals surface area contributed by atoms with Gasteiger partial charge in [0, 0.05) is 13.1 Å². The van der Waals surface area contributed by atoms with Crippen molar-refractivity contribution in [3.63, 3.8) is 0 Å². The third kappa shape index (κ3) is 2.92. The second kappa shape index (κ2) is 4.94. The van der Waals surface area contributed by atoms with Crippen LogP contribution in [0.2, 0.25) is 0 Å². The molecule has 15 heavy (non-hydrogen) atoms. The lowest BCUT2D eigenvalue weighted by Crippen LogP contribution is -2.25. The lowest BCUT2D eigenvalue weighted by molar-refractivity contribution is 0.161. The van der Waals surface area contributed by atoms with Gasteiger partial charge < -0.3 is 10.0 Å². The molecular formula is C11H15BrN2O. The van der Waals surface area contributed by atoms with E-state index >= 15 is 0 Å². The van der Waals surface area contributed by atoms with E-state index in [-0.39, 0.29) is 6.10 Å². The van der Waals surface area contributed by atoms with Crippen LogP contribution in [0, 0.1) is 0 Å². The van der Waals surface area contributed by atoms with Gasteiger partial charge in [0.15, 0.2) is 0 Å². The molecule has 4 heteroatoms. The topological polar surface area (TPSA) is 36.4 Å². The first-order chi connectivity index (χ1) is 7.25. The molecule has 3 nitrogen and oxygen atoms in total. The van der Waals surface area contributed by atoms with Gasteiger partial charge >= 0.3 is 0 Å². The maximum absolute atomic E-state index is 9.55. The molecule has 0 aromatic carbocycles. The van der Waals surface area contributed by atoms with E-state index in [0.29, 0.717) is 0 Å². The summed E-state index contributed by atoms with van der Waals surface area (Å²) in [7, 11) is 0. The summed E-state index contributed by atoms with van der Waals surface area (Å²) in [6.45, 7) is 1.88. The SMILES string of the molecule is OC1CCCN(c2cccc(Br)n2)CC1. The zero-order valence-corrected chi connectivity index (χ0v) is 10.2. The highest BCUT2D eigenvalue weighted by Gasteiger charge is 2.15. The monoisotopic (exact) mass is 270 g/mol. The maximum atomic E-state index is 9.55. The Balaban J connectivity index is 2.09. The second-order valence-corrected chi connectivity index (χ2v) is 4.70. The van der Waals surface area contributed by atoms with Crippen molar-refractivity contribution in [1.82, 2.24) is 4.98 Å². The van der Waals surface area contributed by atoms with E-state index in [9.17, 15) is 5.11 Å². The molecule has 1 N–H and O–H groups in total. The van der Waals surface area contributed by atoms with E-state index in [0.717, 1.165) is 42.8 Å². The molecule has 1 aliphatic heterocycles. The van der Waals surface area contributed by atoms with Crippen LogP contribution >= 0.6 is 15.9 Å². The third-order valence-electron chi connectivity index (χ3n) is 2.72. The van der Waals surface area contributed by atoms with Gasteiger partial charge in [0.2, 0.25) is 0 Å². The maximum Gasteiger partial charge on any atom is 0.129 e. The van der Waals surface area contributed by atoms with Crippen LogP contribution in [0.15, 0.2) is 22.8 Å². The van der Waals surface area contributed by atoms with Crippen LogP contribution in [0.4, 0.5) is 5.82 Å². The largest absolute Gasteiger partial charge is 0.393 e. The third-order valence-corrected chi connectivity index (χ3v) is 3.16. The van der Waals surface area contributed by atoms with Crippen molar-refractivity contribution >= 4 is 21.7 Å². The van der Waals surface area contributed by atoms with E-state index in [1.807, 2.05) is 18.2 Å². The standard InChI is InChI=1S/C11H15BrN2O/c12-10-4-1-5-11(13-10)14-7-2-3-9(15)6-8-14/h1,4-5,9,15H,2-3,6-8H2. The highest BCUT2D eigenvalue weighted by Crippen LogP contribution is 2.19. The number of aromatic nitrogens is 1. The summed E-state index contributed by atoms with van der Waals surface area (Å²) in [6.07, 6.45) is 2.65. The normalized spacial score (nSPS) is 22.5. The molecule has 0 radical (unpaired) electrons. The first-order valence-electron chi connectivity index (χ1n) is 5.31. The highest BCUT2D eigenvalue weighted by molar-refractivity contribution is 9.10. The molecule has 82 valence electrons. The zero-order chi connectivity index (χ0) is 10.7. The van der Waals surface area contributed by atoms with Crippen molar-refractivity contribution in [2.24, 2.45) is 0 Å². The Morgan fingerprint density at radius 1 is 1.33 bits per heavy atom. The lowest BCUT2D eigenvalue weighted by atomic mass is 10.2. The van der Waals surface area contributed by atoms with Gasteiger partial charge in [-0.25, -0.2) is 4.98 Å². The minimum atomic E-state index is -0.137. The average molecular weight is 271 g/mol. The minimum Gasteiger partial charge on any atom is -0.393 e.